The number of carbonyl (C=O) groups is 1. The molecule has 0 atom stereocenters. The summed E-state index contributed by atoms with van der Waals surface area (Å²) in [5, 5.41) is 13.4. The molecule has 2 amide bonds. The molecule has 0 heterocycles. The molecule has 10 heteroatoms. The molecule has 0 unspecified atom stereocenters. The van der Waals surface area contributed by atoms with E-state index in [-0.39, 0.29) is 35.0 Å². The maximum Gasteiger partial charge on any atom is 0.317 e. The van der Waals surface area contributed by atoms with E-state index >= 15 is 0 Å². The Morgan fingerprint density at radius 1 is 1.19 bits per heavy atom. The fourth-order valence-corrected chi connectivity index (χ4v) is 3.42. The zero-order chi connectivity index (χ0) is 19.9. The van der Waals surface area contributed by atoms with Crippen molar-refractivity contribution in [2.24, 2.45) is 0 Å². The SMILES string of the molecule is CC(C)N(CCS(=O)(=O)c1ccc([N+](=O)[O-])cc1)C(=O)NCCN(C)C. The first-order valence-corrected chi connectivity index (χ1v) is 9.86. The van der Waals surface area contributed by atoms with E-state index in [1.807, 2.05) is 32.8 Å². The molecule has 0 aliphatic carbocycles. The molecule has 0 saturated heterocycles. The highest BCUT2D eigenvalue weighted by atomic mass is 32.2. The van der Waals surface area contributed by atoms with Gasteiger partial charge in [-0.05, 0) is 40.1 Å². The maximum atomic E-state index is 12.4. The number of carbonyl (C=O) groups excluding carboxylic acids is 1. The van der Waals surface area contributed by atoms with Crippen LogP contribution in [0.3, 0.4) is 0 Å². The van der Waals surface area contributed by atoms with E-state index in [0.29, 0.717) is 13.1 Å². The summed E-state index contributed by atoms with van der Waals surface area (Å²) >= 11 is 0. The molecule has 1 aromatic carbocycles. The van der Waals surface area contributed by atoms with Gasteiger partial charge in [-0.25, -0.2) is 13.2 Å². The molecular weight excluding hydrogens is 360 g/mol. The highest BCUT2D eigenvalue weighted by Crippen LogP contribution is 2.17. The Labute approximate surface area is 154 Å². The maximum absolute atomic E-state index is 12.4. The Kier molecular flexibility index (Phi) is 7.97. The summed E-state index contributed by atoms with van der Waals surface area (Å²) in [5.74, 6) is -0.260. The van der Waals surface area contributed by atoms with Crippen LogP contribution in [-0.2, 0) is 9.84 Å². The van der Waals surface area contributed by atoms with E-state index in [4.69, 9.17) is 0 Å². The van der Waals surface area contributed by atoms with Gasteiger partial charge in [0.2, 0.25) is 0 Å². The molecule has 0 aliphatic heterocycles. The van der Waals surface area contributed by atoms with E-state index in [1.54, 1.807) is 0 Å². The summed E-state index contributed by atoms with van der Waals surface area (Å²) < 4.78 is 24.9. The van der Waals surface area contributed by atoms with Crippen molar-refractivity contribution in [3.05, 3.63) is 34.4 Å². The minimum atomic E-state index is -3.65. The first-order valence-electron chi connectivity index (χ1n) is 8.21. The van der Waals surface area contributed by atoms with Crippen LogP contribution >= 0.6 is 0 Å². The fourth-order valence-electron chi connectivity index (χ4n) is 2.19. The molecule has 0 aromatic heterocycles. The lowest BCUT2D eigenvalue weighted by molar-refractivity contribution is -0.384. The summed E-state index contributed by atoms with van der Waals surface area (Å²) in [6, 6.07) is 4.25. The smallest absolute Gasteiger partial charge is 0.317 e. The first kappa shape index (κ1) is 21.8. The second-order valence-corrected chi connectivity index (χ2v) is 8.50. The van der Waals surface area contributed by atoms with Crippen molar-refractivity contribution in [3.8, 4) is 0 Å². The molecule has 1 rings (SSSR count). The number of non-ortho nitro benzene ring substituents is 1. The summed E-state index contributed by atoms with van der Waals surface area (Å²) in [7, 11) is 0.133. The third-order valence-corrected chi connectivity index (χ3v) is 5.44. The Hall–Kier alpha value is -2.20. The van der Waals surface area contributed by atoms with E-state index in [1.165, 1.54) is 17.0 Å². The average Bonchev–Trinajstić information content (AvgIpc) is 2.54. The van der Waals surface area contributed by atoms with Gasteiger partial charge >= 0.3 is 6.03 Å². The molecule has 0 saturated carbocycles. The topological polar surface area (TPSA) is 113 Å². The molecular formula is C16H26N4O5S. The molecule has 0 spiro atoms. The van der Waals surface area contributed by atoms with Gasteiger partial charge in [0.1, 0.15) is 0 Å². The van der Waals surface area contributed by atoms with Crippen molar-refractivity contribution in [1.82, 2.24) is 15.1 Å². The predicted molar refractivity (Wildman–Crippen MR) is 98.9 cm³/mol. The van der Waals surface area contributed by atoms with Crippen molar-refractivity contribution >= 4 is 21.6 Å². The van der Waals surface area contributed by atoms with Gasteiger partial charge in [-0.3, -0.25) is 10.1 Å². The summed E-state index contributed by atoms with van der Waals surface area (Å²) in [5.41, 5.74) is -0.173. The number of likely N-dealkylation sites (N-methyl/N-ethyl adjacent to an activating group) is 1. The van der Waals surface area contributed by atoms with Crippen LogP contribution in [0.15, 0.2) is 29.2 Å². The summed E-state index contributed by atoms with van der Waals surface area (Å²) in [6.45, 7) is 4.79. The van der Waals surface area contributed by atoms with Crippen molar-refractivity contribution in [2.45, 2.75) is 24.8 Å². The number of hydrogen-bond acceptors (Lipinski definition) is 6. The van der Waals surface area contributed by atoms with E-state index in [9.17, 15) is 23.3 Å². The predicted octanol–water partition coefficient (Wildman–Crippen LogP) is 1.35. The van der Waals surface area contributed by atoms with Gasteiger partial charge < -0.3 is 15.1 Å². The third-order valence-electron chi connectivity index (χ3n) is 3.73. The highest BCUT2D eigenvalue weighted by molar-refractivity contribution is 7.91. The number of sulfone groups is 1. The molecule has 9 nitrogen and oxygen atoms in total. The van der Waals surface area contributed by atoms with Gasteiger partial charge in [-0.1, -0.05) is 0 Å². The number of urea groups is 1. The van der Waals surface area contributed by atoms with Crippen LogP contribution < -0.4 is 5.32 Å². The largest absolute Gasteiger partial charge is 0.337 e. The van der Waals surface area contributed by atoms with Crippen LogP contribution in [0.1, 0.15) is 13.8 Å². The van der Waals surface area contributed by atoms with Crippen LogP contribution in [-0.4, -0.2) is 74.7 Å². The minimum Gasteiger partial charge on any atom is -0.337 e. The Morgan fingerprint density at radius 2 is 1.77 bits per heavy atom. The number of hydrogen-bond donors (Lipinski definition) is 1. The van der Waals surface area contributed by atoms with Crippen LogP contribution in [0.25, 0.3) is 0 Å². The molecule has 26 heavy (non-hydrogen) atoms. The molecule has 146 valence electrons. The standard InChI is InChI=1S/C16H26N4O5S/c1-13(2)19(16(21)17-9-10-18(3)4)11-12-26(24,25)15-7-5-14(6-8-15)20(22)23/h5-8,13H,9-12H2,1-4H3,(H,17,21). The lowest BCUT2D eigenvalue weighted by Crippen LogP contribution is -2.47. The van der Waals surface area contributed by atoms with Crippen LogP contribution in [0.4, 0.5) is 10.5 Å². The van der Waals surface area contributed by atoms with Crippen molar-refractivity contribution < 1.29 is 18.1 Å². The zero-order valence-electron chi connectivity index (χ0n) is 15.5. The van der Waals surface area contributed by atoms with Crippen molar-refractivity contribution in [2.75, 3.05) is 39.5 Å². The number of rotatable bonds is 9. The quantitative estimate of drug-likeness (QED) is 0.506. The molecule has 0 fully saturated rings. The zero-order valence-corrected chi connectivity index (χ0v) is 16.3. The molecule has 1 N–H and O–H groups in total. The monoisotopic (exact) mass is 386 g/mol. The molecule has 0 radical (unpaired) electrons. The number of nitrogens with one attached hydrogen (secondary N) is 1. The Balaban J connectivity index is 2.74. The van der Waals surface area contributed by atoms with Gasteiger partial charge in [-0.2, -0.15) is 0 Å². The van der Waals surface area contributed by atoms with Gasteiger partial charge in [0.15, 0.2) is 9.84 Å². The van der Waals surface area contributed by atoms with Crippen LogP contribution in [0.5, 0.6) is 0 Å². The van der Waals surface area contributed by atoms with Crippen molar-refractivity contribution in [3.63, 3.8) is 0 Å². The lowest BCUT2D eigenvalue weighted by Gasteiger charge is -2.27. The number of nitrogens with zero attached hydrogens (tertiary/aromatic N) is 3. The fraction of sp³-hybridized carbons (Fsp3) is 0.562. The third kappa shape index (κ3) is 6.60. The number of nitro benzene ring substituents is 1. The van der Waals surface area contributed by atoms with Crippen LogP contribution in [0, 0.1) is 10.1 Å². The first-order chi connectivity index (χ1) is 12.0. The number of amides is 2. The Bertz CT molecular complexity index is 717. The molecule has 0 aliphatic rings. The van der Waals surface area contributed by atoms with E-state index in [0.717, 1.165) is 12.1 Å². The average molecular weight is 386 g/mol. The normalized spacial score (nSPS) is 11.6. The number of benzene rings is 1. The second kappa shape index (κ2) is 9.48. The summed E-state index contributed by atoms with van der Waals surface area (Å²) in [6.07, 6.45) is 0. The van der Waals surface area contributed by atoms with Gasteiger partial charge in [0, 0.05) is 37.8 Å². The minimum absolute atomic E-state index is 0.000165. The van der Waals surface area contributed by atoms with Crippen molar-refractivity contribution in [1.29, 1.82) is 0 Å². The Morgan fingerprint density at radius 3 is 2.23 bits per heavy atom. The van der Waals surface area contributed by atoms with E-state index < -0.39 is 14.8 Å². The number of nitro groups is 1. The molecule has 1 aromatic rings. The van der Waals surface area contributed by atoms with Gasteiger partial charge in [0.25, 0.3) is 5.69 Å². The van der Waals surface area contributed by atoms with E-state index in [2.05, 4.69) is 5.32 Å². The van der Waals surface area contributed by atoms with Crippen LogP contribution in [0.2, 0.25) is 0 Å². The highest BCUT2D eigenvalue weighted by Gasteiger charge is 2.22. The second-order valence-electron chi connectivity index (χ2n) is 6.39. The van der Waals surface area contributed by atoms with Gasteiger partial charge in [-0.15, -0.1) is 0 Å². The molecule has 0 bridgehead atoms. The summed E-state index contributed by atoms with van der Waals surface area (Å²) in [4.78, 5) is 25.7. The lowest BCUT2D eigenvalue weighted by atomic mass is 10.3. The van der Waals surface area contributed by atoms with Gasteiger partial charge in [0.05, 0.1) is 15.6 Å².